The van der Waals surface area contributed by atoms with Crippen LogP contribution in [-0.2, 0) is 4.74 Å². The standard InChI is InChI=1S/C20H13Cl2N3O4/c1-2-29-20(26)19-15(18-16(22)8-13(21)9-17(18)24-19)7-12(10-23)11-3-5-14(6-4-11)25(27)28/h3-9,24H,2H2,1H3/b12-7+. The van der Waals surface area contributed by atoms with Gasteiger partial charge in [-0.1, -0.05) is 23.2 Å². The van der Waals surface area contributed by atoms with Crippen LogP contribution in [-0.4, -0.2) is 22.5 Å². The number of H-pyrrole nitrogens is 1. The third-order valence-corrected chi connectivity index (χ3v) is 4.65. The summed E-state index contributed by atoms with van der Waals surface area (Å²) >= 11 is 12.4. The van der Waals surface area contributed by atoms with E-state index in [0.717, 1.165) is 0 Å². The first kappa shape index (κ1) is 20.4. The number of carbonyl (C=O) groups is 1. The molecule has 1 N–H and O–H groups in total. The zero-order chi connectivity index (χ0) is 21.1. The fourth-order valence-corrected chi connectivity index (χ4v) is 3.46. The highest BCUT2D eigenvalue weighted by Gasteiger charge is 2.21. The van der Waals surface area contributed by atoms with E-state index < -0.39 is 10.9 Å². The Morgan fingerprint density at radius 2 is 2.00 bits per heavy atom. The molecule has 1 heterocycles. The number of nitriles is 1. The van der Waals surface area contributed by atoms with E-state index in [-0.39, 0.29) is 23.6 Å². The Morgan fingerprint density at radius 3 is 2.59 bits per heavy atom. The quantitative estimate of drug-likeness (QED) is 0.244. The van der Waals surface area contributed by atoms with E-state index in [2.05, 4.69) is 11.1 Å². The van der Waals surface area contributed by atoms with Crippen molar-refractivity contribution in [1.82, 2.24) is 4.98 Å². The number of non-ortho nitro benzene ring substituents is 1. The van der Waals surface area contributed by atoms with Crippen LogP contribution in [0.1, 0.15) is 28.5 Å². The Balaban J connectivity index is 2.23. The highest BCUT2D eigenvalue weighted by Crippen LogP contribution is 2.35. The molecular weight excluding hydrogens is 417 g/mol. The summed E-state index contributed by atoms with van der Waals surface area (Å²) in [7, 11) is 0. The molecule has 0 atom stereocenters. The summed E-state index contributed by atoms with van der Waals surface area (Å²) in [5.74, 6) is -0.608. The van der Waals surface area contributed by atoms with Crippen LogP contribution < -0.4 is 0 Å². The number of esters is 1. The van der Waals surface area contributed by atoms with Crippen molar-refractivity contribution in [1.29, 1.82) is 5.26 Å². The third kappa shape index (κ3) is 4.09. The fourth-order valence-electron chi connectivity index (χ4n) is 2.87. The molecule has 0 aliphatic carbocycles. The van der Waals surface area contributed by atoms with Crippen molar-refractivity contribution in [3.8, 4) is 6.07 Å². The summed E-state index contributed by atoms with van der Waals surface area (Å²) < 4.78 is 5.10. The summed E-state index contributed by atoms with van der Waals surface area (Å²) in [6.45, 7) is 1.84. The normalized spacial score (nSPS) is 11.3. The number of rotatable bonds is 5. The molecule has 29 heavy (non-hydrogen) atoms. The number of allylic oxidation sites excluding steroid dienone is 1. The lowest BCUT2D eigenvalue weighted by Gasteiger charge is -2.04. The highest BCUT2D eigenvalue weighted by atomic mass is 35.5. The van der Waals surface area contributed by atoms with Gasteiger partial charge in [-0.25, -0.2) is 4.79 Å². The molecule has 1 aromatic heterocycles. The number of carbonyl (C=O) groups excluding carboxylic acids is 1. The lowest BCUT2D eigenvalue weighted by molar-refractivity contribution is -0.384. The number of nitro benzene ring substituents is 1. The molecular formula is C20H13Cl2N3O4. The van der Waals surface area contributed by atoms with Gasteiger partial charge in [0.15, 0.2) is 0 Å². The minimum Gasteiger partial charge on any atom is -0.461 e. The SMILES string of the molecule is CCOC(=O)c1[nH]c2cc(Cl)cc(Cl)c2c1/C=C(\C#N)c1ccc([N+](=O)[O-])cc1. The number of benzene rings is 2. The van der Waals surface area contributed by atoms with Crippen molar-refractivity contribution in [3.63, 3.8) is 0 Å². The van der Waals surface area contributed by atoms with Crippen LogP contribution >= 0.6 is 23.2 Å². The van der Waals surface area contributed by atoms with Gasteiger partial charge in [0.2, 0.25) is 0 Å². The van der Waals surface area contributed by atoms with Crippen LogP contribution in [0.3, 0.4) is 0 Å². The predicted molar refractivity (Wildman–Crippen MR) is 111 cm³/mol. The van der Waals surface area contributed by atoms with Crippen LogP contribution in [0.25, 0.3) is 22.6 Å². The molecule has 0 bridgehead atoms. The maximum Gasteiger partial charge on any atom is 0.355 e. The highest BCUT2D eigenvalue weighted by molar-refractivity contribution is 6.39. The number of hydrogen-bond acceptors (Lipinski definition) is 5. The number of ether oxygens (including phenoxy) is 1. The first-order valence-electron chi connectivity index (χ1n) is 8.40. The van der Waals surface area contributed by atoms with Crippen molar-refractivity contribution in [3.05, 3.63) is 73.4 Å². The number of aromatic nitrogens is 1. The minimum atomic E-state index is -0.608. The van der Waals surface area contributed by atoms with Gasteiger partial charge in [0.05, 0.1) is 28.2 Å². The summed E-state index contributed by atoms with van der Waals surface area (Å²) in [4.78, 5) is 25.7. The molecule has 9 heteroatoms. The van der Waals surface area contributed by atoms with E-state index in [1.165, 1.54) is 36.4 Å². The number of nitro groups is 1. The summed E-state index contributed by atoms with van der Waals surface area (Å²) in [6.07, 6.45) is 1.49. The van der Waals surface area contributed by atoms with Crippen molar-refractivity contribution in [2.24, 2.45) is 0 Å². The van der Waals surface area contributed by atoms with E-state index in [4.69, 9.17) is 27.9 Å². The van der Waals surface area contributed by atoms with E-state index in [1.54, 1.807) is 13.0 Å². The monoisotopic (exact) mass is 429 g/mol. The Morgan fingerprint density at radius 1 is 1.31 bits per heavy atom. The Hall–Kier alpha value is -3.34. The first-order valence-corrected chi connectivity index (χ1v) is 9.15. The second kappa shape index (κ2) is 8.35. The van der Waals surface area contributed by atoms with Gasteiger partial charge in [0.1, 0.15) is 5.69 Å². The van der Waals surface area contributed by atoms with E-state index in [1.807, 2.05) is 0 Å². The summed E-state index contributed by atoms with van der Waals surface area (Å²) in [5.41, 5.74) is 1.56. The largest absolute Gasteiger partial charge is 0.461 e. The molecule has 7 nitrogen and oxygen atoms in total. The number of hydrogen-bond donors (Lipinski definition) is 1. The molecule has 0 saturated carbocycles. The molecule has 0 aliphatic heterocycles. The minimum absolute atomic E-state index is 0.0944. The number of halogens is 2. The van der Waals surface area contributed by atoms with Crippen molar-refractivity contribution >= 4 is 57.4 Å². The van der Waals surface area contributed by atoms with E-state index in [0.29, 0.717) is 32.1 Å². The lowest BCUT2D eigenvalue weighted by Crippen LogP contribution is -2.06. The van der Waals surface area contributed by atoms with Gasteiger partial charge >= 0.3 is 5.97 Å². The van der Waals surface area contributed by atoms with Crippen LogP contribution in [0.2, 0.25) is 10.0 Å². The molecule has 3 aromatic rings. The van der Waals surface area contributed by atoms with Gasteiger partial charge < -0.3 is 9.72 Å². The Bertz CT molecular complexity index is 1190. The van der Waals surface area contributed by atoms with Gasteiger partial charge in [-0.2, -0.15) is 5.26 Å². The van der Waals surface area contributed by atoms with Crippen molar-refractivity contribution in [2.75, 3.05) is 6.61 Å². The van der Waals surface area contributed by atoms with Gasteiger partial charge in [0.25, 0.3) is 5.69 Å². The van der Waals surface area contributed by atoms with Crippen molar-refractivity contribution < 1.29 is 14.5 Å². The summed E-state index contributed by atoms with van der Waals surface area (Å²) in [5, 5.41) is 21.7. The van der Waals surface area contributed by atoms with Crippen molar-refractivity contribution in [2.45, 2.75) is 6.92 Å². The van der Waals surface area contributed by atoms with Crippen LogP contribution in [0.5, 0.6) is 0 Å². The summed E-state index contributed by atoms with van der Waals surface area (Å²) in [6, 6.07) is 10.7. The predicted octanol–water partition coefficient (Wildman–Crippen LogP) is 5.62. The first-order chi connectivity index (χ1) is 13.8. The van der Waals surface area contributed by atoms with E-state index >= 15 is 0 Å². The topological polar surface area (TPSA) is 109 Å². The molecule has 3 rings (SSSR count). The molecule has 146 valence electrons. The van der Waals surface area contributed by atoms with Crippen LogP contribution in [0, 0.1) is 21.4 Å². The zero-order valence-electron chi connectivity index (χ0n) is 15.0. The number of nitrogens with one attached hydrogen (secondary N) is 1. The second-order valence-corrected chi connectivity index (χ2v) is 6.76. The maximum atomic E-state index is 12.4. The number of aromatic amines is 1. The molecule has 0 saturated heterocycles. The average Bonchev–Trinajstić information content (AvgIpc) is 3.04. The van der Waals surface area contributed by atoms with Gasteiger partial charge in [-0.3, -0.25) is 10.1 Å². The molecule has 0 spiro atoms. The van der Waals surface area contributed by atoms with Gasteiger partial charge in [0, 0.05) is 33.6 Å². The van der Waals surface area contributed by atoms with Crippen LogP contribution in [0.15, 0.2) is 36.4 Å². The number of fused-ring (bicyclic) bond motifs is 1. The van der Waals surface area contributed by atoms with Gasteiger partial charge in [-0.15, -0.1) is 0 Å². The third-order valence-electron chi connectivity index (χ3n) is 4.13. The molecule has 0 unspecified atom stereocenters. The Kier molecular flexibility index (Phi) is 5.87. The Labute approximate surface area is 175 Å². The van der Waals surface area contributed by atoms with Crippen LogP contribution in [0.4, 0.5) is 5.69 Å². The molecule has 2 aromatic carbocycles. The second-order valence-electron chi connectivity index (χ2n) is 5.92. The lowest BCUT2D eigenvalue weighted by atomic mass is 10.0. The smallest absolute Gasteiger partial charge is 0.355 e. The molecule has 0 radical (unpaired) electrons. The van der Waals surface area contributed by atoms with Gasteiger partial charge in [-0.05, 0) is 42.8 Å². The maximum absolute atomic E-state index is 12.4. The molecule has 0 aliphatic rings. The molecule has 0 fully saturated rings. The average molecular weight is 430 g/mol. The zero-order valence-corrected chi connectivity index (χ0v) is 16.5. The number of nitrogens with zero attached hydrogens (tertiary/aromatic N) is 2. The van der Waals surface area contributed by atoms with E-state index in [9.17, 15) is 20.2 Å². The fraction of sp³-hybridized carbons (Fsp3) is 0.100. The molecule has 0 amide bonds.